The SMILES string of the molecule is CC(=O)NCC1CN(C(=O)Cc2ccccc2C(=O)O)CCO1. The Morgan fingerprint density at radius 2 is 2.09 bits per heavy atom. The molecule has 0 spiro atoms. The molecule has 0 aromatic heterocycles. The molecule has 7 nitrogen and oxygen atoms in total. The smallest absolute Gasteiger partial charge is 0.335 e. The molecular formula is C16H20N2O5. The number of hydrogen-bond acceptors (Lipinski definition) is 4. The summed E-state index contributed by atoms with van der Waals surface area (Å²) in [6.07, 6.45) is -0.207. The summed E-state index contributed by atoms with van der Waals surface area (Å²) in [5.74, 6) is -1.33. The Morgan fingerprint density at radius 1 is 1.35 bits per heavy atom. The first-order chi connectivity index (χ1) is 11.0. The number of carbonyl (C=O) groups excluding carboxylic acids is 2. The van der Waals surface area contributed by atoms with Gasteiger partial charge in [0.15, 0.2) is 0 Å². The Labute approximate surface area is 134 Å². The number of amides is 2. The van der Waals surface area contributed by atoms with E-state index in [1.807, 2.05) is 0 Å². The van der Waals surface area contributed by atoms with E-state index in [0.29, 0.717) is 31.8 Å². The van der Waals surface area contributed by atoms with Gasteiger partial charge < -0.3 is 20.1 Å². The first-order valence-corrected chi connectivity index (χ1v) is 7.42. The van der Waals surface area contributed by atoms with E-state index in [1.54, 1.807) is 23.1 Å². The van der Waals surface area contributed by atoms with Crippen LogP contribution in [0.1, 0.15) is 22.8 Å². The van der Waals surface area contributed by atoms with Crippen LogP contribution in [0.4, 0.5) is 0 Å². The summed E-state index contributed by atoms with van der Waals surface area (Å²) in [6, 6.07) is 6.49. The van der Waals surface area contributed by atoms with Crippen molar-refractivity contribution < 1.29 is 24.2 Å². The Morgan fingerprint density at radius 3 is 2.78 bits per heavy atom. The van der Waals surface area contributed by atoms with Crippen LogP contribution in [0, 0.1) is 0 Å². The Kier molecular flexibility index (Phi) is 5.70. The van der Waals surface area contributed by atoms with Crippen LogP contribution in [0.5, 0.6) is 0 Å². The van der Waals surface area contributed by atoms with Gasteiger partial charge in [0.1, 0.15) is 0 Å². The van der Waals surface area contributed by atoms with Crippen LogP contribution >= 0.6 is 0 Å². The molecule has 2 amide bonds. The summed E-state index contributed by atoms with van der Waals surface area (Å²) in [4.78, 5) is 36.2. The third kappa shape index (κ3) is 4.79. The quantitative estimate of drug-likeness (QED) is 0.813. The van der Waals surface area contributed by atoms with Crippen molar-refractivity contribution in [3.05, 3.63) is 35.4 Å². The topological polar surface area (TPSA) is 95.9 Å². The van der Waals surface area contributed by atoms with Crippen LogP contribution in [0.15, 0.2) is 24.3 Å². The molecule has 1 aromatic carbocycles. The number of nitrogens with one attached hydrogen (secondary N) is 1. The maximum Gasteiger partial charge on any atom is 0.335 e. The summed E-state index contributed by atoms with van der Waals surface area (Å²) in [5, 5.41) is 11.8. The minimum absolute atomic E-state index is 0.0370. The van der Waals surface area contributed by atoms with E-state index >= 15 is 0 Å². The number of nitrogens with zero attached hydrogens (tertiary/aromatic N) is 1. The summed E-state index contributed by atoms with van der Waals surface area (Å²) in [5.41, 5.74) is 0.638. The average molecular weight is 320 g/mol. The van der Waals surface area contributed by atoms with Gasteiger partial charge in [-0.15, -0.1) is 0 Å². The second-order valence-electron chi connectivity index (χ2n) is 5.41. The fourth-order valence-corrected chi connectivity index (χ4v) is 2.48. The molecule has 1 heterocycles. The number of carboxylic acids is 1. The lowest BCUT2D eigenvalue weighted by molar-refractivity contribution is -0.138. The highest BCUT2D eigenvalue weighted by atomic mass is 16.5. The van der Waals surface area contributed by atoms with Crippen molar-refractivity contribution >= 4 is 17.8 Å². The van der Waals surface area contributed by atoms with Crippen LogP contribution in [0.25, 0.3) is 0 Å². The van der Waals surface area contributed by atoms with Gasteiger partial charge in [0.25, 0.3) is 0 Å². The van der Waals surface area contributed by atoms with Crippen molar-refractivity contribution in [1.82, 2.24) is 10.2 Å². The summed E-state index contributed by atoms with van der Waals surface area (Å²) in [7, 11) is 0. The molecule has 23 heavy (non-hydrogen) atoms. The molecule has 1 unspecified atom stereocenters. The predicted octanol–water partition coefficient (Wildman–Crippen LogP) is 0.291. The molecule has 0 bridgehead atoms. The maximum atomic E-state index is 12.4. The van der Waals surface area contributed by atoms with Gasteiger partial charge in [0.2, 0.25) is 11.8 Å². The zero-order valence-corrected chi connectivity index (χ0v) is 12.9. The van der Waals surface area contributed by atoms with E-state index in [0.717, 1.165) is 0 Å². The molecule has 1 fully saturated rings. The maximum absolute atomic E-state index is 12.4. The lowest BCUT2D eigenvalue weighted by Gasteiger charge is -2.33. The van der Waals surface area contributed by atoms with E-state index in [-0.39, 0.29) is 29.9 Å². The average Bonchev–Trinajstić information content (AvgIpc) is 2.53. The predicted molar refractivity (Wildman–Crippen MR) is 82.1 cm³/mol. The number of aromatic carboxylic acids is 1. The standard InChI is InChI=1S/C16H20N2O5/c1-11(19)17-9-13-10-18(6-7-23-13)15(20)8-12-4-2-3-5-14(12)16(21)22/h2-5,13H,6-10H2,1H3,(H,17,19)(H,21,22). The third-order valence-electron chi connectivity index (χ3n) is 3.66. The van der Waals surface area contributed by atoms with E-state index in [9.17, 15) is 14.4 Å². The minimum Gasteiger partial charge on any atom is -0.478 e. The molecule has 2 N–H and O–H groups in total. The van der Waals surface area contributed by atoms with Gasteiger partial charge in [-0.2, -0.15) is 0 Å². The lowest BCUT2D eigenvalue weighted by Crippen LogP contribution is -2.49. The largest absolute Gasteiger partial charge is 0.478 e. The first kappa shape index (κ1) is 17.0. The van der Waals surface area contributed by atoms with Gasteiger partial charge in [0.05, 0.1) is 24.7 Å². The van der Waals surface area contributed by atoms with Gasteiger partial charge >= 0.3 is 5.97 Å². The molecule has 2 rings (SSSR count). The van der Waals surface area contributed by atoms with Crippen LogP contribution in [-0.2, 0) is 20.7 Å². The monoisotopic (exact) mass is 320 g/mol. The van der Waals surface area contributed by atoms with Gasteiger partial charge in [-0.3, -0.25) is 9.59 Å². The van der Waals surface area contributed by atoms with E-state index in [2.05, 4.69) is 5.32 Å². The normalized spacial score (nSPS) is 17.6. The fourth-order valence-electron chi connectivity index (χ4n) is 2.48. The number of carbonyl (C=O) groups is 3. The molecule has 0 radical (unpaired) electrons. The molecule has 7 heteroatoms. The van der Waals surface area contributed by atoms with E-state index < -0.39 is 5.97 Å². The van der Waals surface area contributed by atoms with Gasteiger partial charge in [0, 0.05) is 26.6 Å². The van der Waals surface area contributed by atoms with Gasteiger partial charge in [-0.1, -0.05) is 18.2 Å². The van der Waals surface area contributed by atoms with Crippen LogP contribution in [0.2, 0.25) is 0 Å². The van der Waals surface area contributed by atoms with Gasteiger partial charge in [-0.25, -0.2) is 4.79 Å². The minimum atomic E-state index is -1.04. The summed E-state index contributed by atoms with van der Waals surface area (Å²) >= 11 is 0. The van der Waals surface area contributed by atoms with E-state index in [1.165, 1.54) is 13.0 Å². The molecule has 0 aliphatic carbocycles. The van der Waals surface area contributed by atoms with Crippen molar-refractivity contribution in [3.63, 3.8) is 0 Å². The zero-order valence-electron chi connectivity index (χ0n) is 12.9. The zero-order chi connectivity index (χ0) is 16.8. The lowest BCUT2D eigenvalue weighted by atomic mass is 10.0. The highest BCUT2D eigenvalue weighted by molar-refractivity contribution is 5.91. The summed E-state index contributed by atoms with van der Waals surface area (Å²) in [6.45, 7) is 3.02. The Balaban J connectivity index is 1.98. The first-order valence-electron chi connectivity index (χ1n) is 7.42. The fraction of sp³-hybridized carbons (Fsp3) is 0.438. The van der Waals surface area contributed by atoms with Crippen molar-refractivity contribution in [1.29, 1.82) is 0 Å². The number of morpholine rings is 1. The molecular weight excluding hydrogens is 300 g/mol. The number of benzene rings is 1. The Hall–Kier alpha value is -2.41. The number of ether oxygens (including phenoxy) is 1. The molecule has 1 aliphatic rings. The second kappa shape index (κ2) is 7.73. The second-order valence-corrected chi connectivity index (χ2v) is 5.41. The Bertz CT molecular complexity index is 602. The highest BCUT2D eigenvalue weighted by Gasteiger charge is 2.25. The third-order valence-corrected chi connectivity index (χ3v) is 3.66. The molecule has 1 aromatic rings. The number of hydrogen-bond donors (Lipinski definition) is 2. The summed E-state index contributed by atoms with van der Waals surface area (Å²) < 4.78 is 5.52. The molecule has 1 atom stereocenters. The van der Waals surface area contributed by atoms with Crippen molar-refractivity contribution in [2.45, 2.75) is 19.4 Å². The highest BCUT2D eigenvalue weighted by Crippen LogP contribution is 2.13. The van der Waals surface area contributed by atoms with Crippen LogP contribution < -0.4 is 5.32 Å². The van der Waals surface area contributed by atoms with Crippen molar-refractivity contribution in [3.8, 4) is 0 Å². The van der Waals surface area contributed by atoms with Crippen molar-refractivity contribution in [2.24, 2.45) is 0 Å². The molecule has 1 saturated heterocycles. The number of carboxylic acid groups (broad SMARTS) is 1. The molecule has 124 valence electrons. The molecule has 1 aliphatic heterocycles. The van der Waals surface area contributed by atoms with E-state index in [4.69, 9.17) is 9.84 Å². The number of rotatable bonds is 5. The van der Waals surface area contributed by atoms with Crippen molar-refractivity contribution in [2.75, 3.05) is 26.2 Å². The molecule has 0 saturated carbocycles. The van der Waals surface area contributed by atoms with Crippen LogP contribution in [-0.4, -0.2) is 60.1 Å². The van der Waals surface area contributed by atoms with Gasteiger partial charge in [-0.05, 0) is 11.6 Å². The van der Waals surface area contributed by atoms with Crippen LogP contribution in [0.3, 0.4) is 0 Å².